The Hall–Kier alpha value is -0.860. The minimum absolute atomic E-state index is 0.489. The van der Waals surface area contributed by atoms with Gasteiger partial charge in [0.2, 0.25) is 0 Å². The van der Waals surface area contributed by atoms with Gasteiger partial charge in [0.15, 0.2) is 0 Å². The van der Waals surface area contributed by atoms with E-state index in [1.165, 1.54) is 6.42 Å². The zero-order valence-corrected chi connectivity index (χ0v) is 8.01. The standard InChI is InChI=1S/C9H15O3/c1-5-6-7(10)12-8(11)9(2,3)4/h6H,5H2,1-4H3. The Balaban J connectivity index is 3.94. The quantitative estimate of drug-likeness (QED) is 0.469. The van der Waals surface area contributed by atoms with Crippen LogP contribution >= 0.6 is 0 Å². The molecule has 12 heavy (non-hydrogen) atoms. The van der Waals surface area contributed by atoms with Crippen molar-refractivity contribution >= 4 is 11.9 Å². The van der Waals surface area contributed by atoms with E-state index >= 15 is 0 Å². The molecule has 1 radical (unpaired) electrons. The molecule has 0 aliphatic carbocycles. The predicted molar refractivity (Wildman–Crippen MR) is 45.1 cm³/mol. The predicted octanol–water partition coefficient (Wildman–Crippen LogP) is 1.72. The van der Waals surface area contributed by atoms with Crippen LogP contribution in [-0.4, -0.2) is 11.9 Å². The monoisotopic (exact) mass is 171 g/mol. The molecule has 0 saturated carbocycles. The van der Waals surface area contributed by atoms with Crippen LogP contribution in [0.15, 0.2) is 0 Å². The second-order valence-electron chi connectivity index (χ2n) is 3.57. The summed E-state index contributed by atoms with van der Waals surface area (Å²) in [6, 6.07) is 0. The van der Waals surface area contributed by atoms with Gasteiger partial charge in [-0.05, 0) is 27.2 Å². The fourth-order valence-corrected chi connectivity index (χ4v) is 0.453. The van der Waals surface area contributed by atoms with Crippen LogP contribution in [0.2, 0.25) is 0 Å². The summed E-state index contributed by atoms with van der Waals surface area (Å²) in [5.41, 5.74) is -0.614. The van der Waals surface area contributed by atoms with Crippen LogP contribution in [-0.2, 0) is 14.3 Å². The minimum atomic E-state index is -0.614. The van der Waals surface area contributed by atoms with Gasteiger partial charge in [-0.1, -0.05) is 6.92 Å². The Morgan fingerprint density at radius 3 is 2.17 bits per heavy atom. The van der Waals surface area contributed by atoms with E-state index in [0.29, 0.717) is 6.42 Å². The molecular formula is C9H15O3. The smallest absolute Gasteiger partial charge is 0.318 e. The lowest BCUT2D eigenvalue weighted by Gasteiger charge is -2.14. The molecule has 3 nitrogen and oxygen atoms in total. The number of hydrogen-bond acceptors (Lipinski definition) is 3. The fourth-order valence-electron chi connectivity index (χ4n) is 0.453. The number of rotatable bonds is 2. The first-order valence-electron chi connectivity index (χ1n) is 3.97. The van der Waals surface area contributed by atoms with Crippen molar-refractivity contribution < 1.29 is 14.3 Å². The van der Waals surface area contributed by atoms with Crippen molar-refractivity contribution in [2.75, 3.05) is 0 Å². The molecule has 0 unspecified atom stereocenters. The highest BCUT2D eigenvalue weighted by Gasteiger charge is 2.25. The molecule has 0 saturated heterocycles. The minimum Gasteiger partial charge on any atom is -0.393 e. The molecule has 0 heterocycles. The zero-order chi connectivity index (χ0) is 9.78. The van der Waals surface area contributed by atoms with Gasteiger partial charge in [-0.15, -0.1) is 0 Å². The second-order valence-corrected chi connectivity index (χ2v) is 3.57. The largest absolute Gasteiger partial charge is 0.393 e. The summed E-state index contributed by atoms with van der Waals surface area (Å²) in [7, 11) is 0. The average molecular weight is 171 g/mol. The molecule has 0 aliphatic heterocycles. The highest BCUT2D eigenvalue weighted by molar-refractivity contribution is 5.92. The first kappa shape index (κ1) is 11.1. The number of carbonyl (C=O) groups is 2. The van der Waals surface area contributed by atoms with Crippen LogP contribution in [0.25, 0.3) is 0 Å². The third-order valence-electron chi connectivity index (χ3n) is 1.18. The Bertz CT molecular complexity index is 177. The first-order valence-corrected chi connectivity index (χ1v) is 3.97. The molecule has 69 valence electrons. The highest BCUT2D eigenvalue weighted by Crippen LogP contribution is 2.15. The Labute approximate surface area is 73.1 Å². The van der Waals surface area contributed by atoms with E-state index < -0.39 is 17.4 Å². The lowest BCUT2D eigenvalue weighted by molar-refractivity contribution is -0.163. The van der Waals surface area contributed by atoms with Gasteiger partial charge in [0.25, 0.3) is 0 Å². The summed E-state index contributed by atoms with van der Waals surface area (Å²) in [5.74, 6) is -1.05. The number of carbonyl (C=O) groups excluding carboxylic acids is 2. The Morgan fingerprint density at radius 2 is 1.83 bits per heavy atom. The molecular weight excluding hydrogens is 156 g/mol. The molecule has 0 aliphatic rings. The van der Waals surface area contributed by atoms with Crippen LogP contribution in [0, 0.1) is 11.8 Å². The molecule has 0 rings (SSSR count). The number of esters is 2. The van der Waals surface area contributed by atoms with Crippen molar-refractivity contribution in [2.45, 2.75) is 34.1 Å². The zero-order valence-electron chi connectivity index (χ0n) is 8.01. The van der Waals surface area contributed by atoms with Gasteiger partial charge in [0.1, 0.15) is 0 Å². The van der Waals surface area contributed by atoms with Crippen molar-refractivity contribution in [2.24, 2.45) is 5.41 Å². The van der Waals surface area contributed by atoms with Crippen molar-refractivity contribution in [3.63, 3.8) is 0 Å². The van der Waals surface area contributed by atoms with Gasteiger partial charge in [0, 0.05) is 0 Å². The van der Waals surface area contributed by atoms with E-state index in [4.69, 9.17) is 0 Å². The Kier molecular flexibility index (Phi) is 3.93. The molecule has 0 atom stereocenters. The Morgan fingerprint density at radius 1 is 1.33 bits per heavy atom. The van der Waals surface area contributed by atoms with Crippen LogP contribution in [0.3, 0.4) is 0 Å². The lowest BCUT2D eigenvalue weighted by Crippen LogP contribution is -2.25. The SMILES string of the molecule is CC[CH]C(=O)OC(=O)C(C)(C)C. The first-order chi connectivity index (χ1) is 5.38. The fraction of sp³-hybridized carbons (Fsp3) is 0.667. The van der Waals surface area contributed by atoms with Gasteiger partial charge >= 0.3 is 11.9 Å². The third-order valence-corrected chi connectivity index (χ3v) is 1.18. The molecule has 3 heteroatoms. The topological polar surface area (TPSA) is 43.4 Å². The van der Waals surface area contributed by atoms with Gasteiger partial charge in [0.05, 0.1) is 11.8 Å². The maximum Gasteiger partial charge on any atom is 0.318 e. The van der Waals surface area contributed by atoms with Gasteiger partial charge in [-0.2, -0.15) is 0 Å². The molecule has 0 fully saturated rings. The second kappa shape index (κ2) is 4.24. The molecule has 0 spiro atoms. The van der Waals surface area contributed by atoms with E-state index in [-0.39, 0.29) is 0 Å². The van der Waals surface area contributed by atoms with E-state index in [2.05, 4.69) is 4.74 Å². The third kappa shape index (κ3) is 4.11. The molecule has 0 aromatic heterocycles. The molecule has 0 amide bonds. The van der Waals surface area contributed by atoms with E-state index in [9.17, 15) is 9.59 Å². The highest BCUT2D eigenvalue weighted by atomic mass is 16.6. The van der Waals surface area contributed by atoms with E-state index in [1.54, 1.807) is 20.8 Å². The summed E-state index contributed by atoms with van der Waals surface area (Å²) in [4.78, 5) is 21.9. The molecule has 0 aromatic rings. The van der Waals surface area contributed by atoms with Crippen molar-refractivity contribution in [1.29, 1.82) is 0 Å². The van der Waals surface area contributed by atoms with Crippen molar-refractivity contribution in [1.82, 2.24) is 0 Å². The van der Waals surface area contributed by atoms with E-state index in [1.807, 2.05) is 6.92 Å². The van der Waals surface area contributed by atoms with Gasteiger partial charge in [-0.25, -0.2) is 0 Å². The normalized spacial score (nSPS) is 11.0. The van der Waals surface area contributed by atoms with Gasteiger partial charge < -0.3 is 4.74 Å². The van der Waals surface area contributed by atoms with Crippen molar-refractivity contribution in [3.8, 4) is 0 Å². The molecule has 0 N–H and O–H groups in total. The van der Waals surface area contributed by atoms with Crippen molar-refractivity contribution in [3.05, 3.63) is 6.42 Å². The summed E-state index contributed by atoms with van der Waals surface area (Å²) in [6.07, 6.45) is 1.92. The van der Waals surface area contributed by atoms with Crippen LogP contribution in [0.1, 0.15) is 34.1 Å². The van der Waals surface area contributed by atoms with Crippen LogP contribution in [0.5, 0.6) is 0 Å². The van der Waals surface area contributed by atoms with Crippen LogP contribution in [0.4, 0.5) is 0 Å². The maximum absolute atomic E-state index is 11.1. The maximum atomic E-state index is 11.1. The summed E-state index contributed by atoms with van der Waals surface area (Å²) in [5, 5.41) is 0. The molecule has 0 bridgehead atoms. The van der Waals surface area contributed by atoms with Crippen LogP contribution < -0.4 is 0 Å². The lowest BCUT2D eigenvalue weighted by atomic mass is 9.97. The average Bonchev–Trinajstić information content (AvgIpc) is 1.85. The van der Waals surface area contributed by atoms with Gasteiger partial charge in [-0.3, -0.25) is 9.59 Å². The van der Waals surface area contributed by atoms with E-state index in [0.717, 1.165) is 0 Å². The summed E-state index contributed by atoms with van der Waals surface area (Å²) >= 11 is 0. The molecule has 0 aromatic carbocycles. The number of ether oxygens (including phenoxy) is 1. The summed E-state index contributed by atoms with van der Waals surface area (Å²) in [6.45, 7) is 6.92. The number of hydrogen-bond donors (Lipinski definition) is 0. The summed E-state index contributed by atoms with van der Waals surface area (Å²) < 4.78 is 4.52.